The largest absolute Gasteiger partial charge is 0.377 e. The van der Waals surface area contributed by atoms with Crippen LogP contribution in [0, 0.1) is 0 Å². The highest BCUT2D eigenvalue weighted by atomic mass is 16.5. The molecule has 0 bridgehead atoms. The molecular weight excluding hydrogens is 192 g/mol. The molecule has 4 nitrogen and oxygen atoms in total. The fourth-order valence-corrected chi connectivity index (χ4v) is 0.943. The van der Waals surface area contributed by atoms with Crippen molar-refractivity contribution >= 4 is 6.03 Å². The minimum absolute atomic E-state index is 0.0603. The number of hydrogen-bond acceptors (Lipinski definition) is 2. The van der Waals surface area contributed by atoms with Gasteiger partial charge < -0.3 is 15.0 Å². The summed E-state index contributed by atoms with van der Waals surface area (Å²) in [5.74, 6) is 0. The van der Waals surface area contributed by atoms with Gasteiger partial charge in [0.15, 0.2) is 0 Å². The zero-order valence-electron chi connectivity index (χ0n) is 10.8. The zero-order valence-corrected chi connectivity index (χ0v) is 10.8. The predicted octanol–water partition coefficient (Wildman–Crippen LogP) is 1.85. The number of nitrogens with one attached hydrogen (secondary N) is 1. The van der Waals surface area contributed by atoms with Gasteiger partial charge in [0.05, 0.1) is 12.7 Å². The number of rotatable bonds is 4. The van der Waals surface area contributed by atoms with Gasteiger partial charge in [-0.3, -0.25) is 0 Å². The van der Waals surface area contributed by atoms with Crippen molar-refractivity contribution in [2.24, 2.45) is 0 Å². The molecule has 0 atom stereocenters. The monoisotopic (exact) mass is 216 g/mol. The molecule has 2 amide bonds. The quantitative estimate of drug-likeness (QED) is 0.779. The summed E-state index contributed by atoms with van der Waals surface area (Å²) in [6.07, 6.45) is 0.212. The number of amides is 2. The van der Waals surface area contributed by atoms with Crippen molar-refractivity contribution in [2.75, 3.05) is 20.2 Å². The molecule has 0 spiro atoms. The Morgan fingerprint density at radius 1 is 1.40 bits per heavy atom. The van der Waals surface area contributed by atoms with Gasteiger partial charge in [-0.2, -0.15) is 0 Å². The van der Waals surface area contributed by atoms with Gasteiger partial charge in [-0.15, -0.1) is 0 Å². The smallest absolute Gasteiger partial charge is 0.317 e. The number of carbonyl (C=O) groups excluding carboxylic acids is 1. The molecule has 0 heterocycles. The van der Waals surface area contributed by atoms with Crippen LogP contribution in [-0.4, -0.2) is 42.8 Å². The minimum Gasteiger partial charge on any atom is -0.377 e. The Hall–Kier alpha value is -0.770. The van der Waals surface area contributed by atoms with Gasteiger partial charge in [0.25, 0.3) is 0 Å². The van der Waals surface area contributed by atoms with E-state index >= 15 is 0 Å². The van der Waals surface area contributed by atoms with E-state index in [0.717, 1.165) is 0 Å². The molecule has 0 aromatic heterocycles. The van der Waals surface area contributed by atoms with E-state index in [0.29, 0.717) is 13.2 Å². The lowest BCUT2D eigenvalue weighted by Gasteiger charge is -2.25. The summed E-state index contributed by atoms with van der Waals surface area (Å²) >= 11 is 0. The number of carbonyl (C=O) groups is 1. The Labute approximate surface area is 93.0 Å². The van der Waals surface area contributed by atoms with E-state index in [1.165, 1.54) is 0 Å². The van der Waals surface area contributed by atoms with Gasteiger partial charge in [-0.05, 0) is 34.6 Å². The Morgan fingerprint density at radius 3 is 2.33 bits per heavy atom. The maximum absolute atomic E-state index is 11.6. The van der Waals surface area contributed by atoms with Crippen molar-refractivity contribution in [3.8, 4) is 0 Å². The normalized spacial score (nSPS) is 11.7. The van der Waals surface area contributed by atoms with Crippen LogP contribution in [0.2, 0.25) is 0 Å². The Kier molecular flexibility index (Phi) is 5.65. The molecule has 0 aliphatic carbocycles. The Bertz CT molecular complexity index is 197. The van der Waals surface area contributed by atoms with Crippen LogP contribution >= 0.6 is 0 Å². The molecule has 0 radical (unpaired) electrons. The summed E-state index contributed by atoms with van der Waals surface area (Å²) in [5.41, 5.74) is -0.190. The highest BCUT2D eigenvalue weighted by molar-refractivity contribution is 5.74. The number of nitrogens with zero attached hydrogens (tertiary/aromatic N) is 1. The van der Waals surface area contributed by atoms with Gasteiger partial charge in [0.2, 0.25) is 0 Å². The van der Waals surface area contributed by atoms with Crippen LogP contribution in [0.1, 0.15) is 34.6 Å². The molecule has 4 heteroatoms. The van der Waals surface area contributed by atoms with Crippen LogP contribution in [-0.2, 0) is 4.74 Å². The van der Waals surface area contributed by atoms with E-state index < -0.39 is 0 Å². The number of ether oxygens (including phenoxy) is 1. The lowest BCUT2D eigenvalue weighted by molar-refractivity contribution is 0.0675. The van der Waals surface area contributed by atoms with Gasteiger partial charge in [-0.25, -0.2) is 4.79 Å². The third-order valence-electron chi connectivity index (χ3n) is 1.71. The highest BCUT2D eigenvalue weighted by Gasteiger charge is 2.16. The maximum atomic E-state index is 11.6. The van der Waals surface area contributed by atoms with E-state index in [9.17, 15) is 4.79 Å². The van der Waals surface area contributed by atoms with E-state index in [1.807, 2.05) is 34.6 Å². The summed E-state index contributed by atoms with van der Waals surface area (Å²) in [5, 5.41) is 2.89. The van der Waals surface area contributed by atoms with Crippen molar-refractivity contribution in [3.63, 3.8) is 0 Å². The van der Waals surface area contributed by atoms with Crippen LogP contribution in [0.3, 0.4) is 0 Å². The first-order chi connectivity index (χ1) is 6.72. The molecule has 0 rings (SSSR count). The second kappa shape index (κ2) is 5.95. The van der Waals surface area contributed by atoms with E-state index in [1.54, 1.807) is 11.9 Å². The van der Waals surface area contributed by atoms with Crippen LogP contribution in [0.4, 0.5) is 4.79 Å². The summed E-state index contributed by atoms with van der Waals surface area (Å²) in [7, 11) is 1.77. The fourth-order valence-electron chi connectivity index (χ4n) is 0.943. The van der Waals surface area contributed by atoms with Gasteiger partial charge in [0, 0.05) is 19.1 Å². The average Bonchev–Trinajstić information content (AvgIpc) is 1.99. The zero-order chi connectivity index (χ0) is 12.1. The van der Waals surface area contributed by atoms with Gasteiger partial charge in [0.1, 0.15) is 0 Å². The lowest BCUT2D eigenvalue weighted by atomic mass is 10.1. The summed E-state index contributed by atoms with van der Waals surface area (Å²) in [6, 6.07) is -0.0603. The number of hydrogen-bond donors (Lipinski definition) is 1. The predicted molar refractivity (Wildman–Crippen MR) is 62.0 cm³/mol. The van der Waals surface area contributed by atoms with Crippen molar-refractivity contribution in [1.29, 1.82) is 0 Å². The molecular formula is C11H24N2O2. The molecule has 0 fully saturated rings. The standard InChI is InChI=1S/C11H24N2O2/c1-9(2)15-8-7-13(6)10(14)12-11(3,4)5/h9H,7-8H2,1-6H3,(H,12,14). The summed E-state index contributed by atoms with van der Waals surface area (Å²) in [4.78, 5) is 13.2. The van der Waals surface area contributed by atoms with Gasteiger partial charge in [-0.1, -0.05) is 0 Å². The molecule has 90 valence electrons. The van der Waals surface area contributed by atoms with Gasteiger partial charge >= 0.3 is 6.03 Å². The van der Waals surface area contributed by atoms with E-state index in [-0.39, 0.29) is 17.7 Å². The average molecular weight is 216 g/mol. The lowest BCUT2D eigenvalue weighted by Crippen LogP contribution is -2.47. The first kappa shape index (κ1) is 14.2. The second-order valence-corrected chi connectivity index (χ2v) is 5.02. The molecule has 0 unspecified atom stereocenters. The summed E-state index contributed by atoms with van der Waals surface area (Å²) in [6.45, 7) is 11.0. The SMILES string of the molecule is CC(C)OCCN(C)C(=O)NC(C)(C)C. The fraction of sp³-hybridized carbons (Fsp3) is 0.909. The Balaban J connectivity index is 3.80. The first-order valence-electron chi connectivity index (χ1n) is 5.37. The second-order valence-electron chi connectivity index (χ2n) is 5.02. The van der Waals surface area contributed by atoms with Crippen molar-refractivity contribution < 1.29 is 9.53 Å². The first-order valence-corrected chi connectivity index (χ1v) is 5.37. The third-order valence-corrected chi connectivity index (χ3v) is 1.71. The molecule has 1 N–H and O–H groups in total. The molecule has 0 saturated heterocycles. The minimum atomic E-state index is -0.190. The maximum Gasteiger partial charge on any atom is 0.317 e. The van der Waals surface area contributed by atoms with Crippen LogP contribution in [0.5, 0.6) is 0 Å². The van der Waals surface area contributed by atoms with Crippen molar-refractivity contribution in [2.45, 2.75) is 46.3 Å². The van der Waals surface area contributed by atoms with E-state index in [2.05, 4.69) is 5.32 Å². The molecule has 0 saturated carbocycles. The van der Waals surface area contributed by atoms with E-state index in [4.69, 9.17) is 4.74 Å². The highest BCUT2D eigenvalue weighted by Crippen LogP contribution is 2.00. The Morgan fingerprint density at radius 2 is 1.93 bits per heavy atom. The van der Waals surface area contributed by atoms with Crippen LogP contribution in [0.15, 0.2) is 0 Å². The van der Waals surface area contributed by atoms with Crippen molar-refractivity contribution in [1.82, 2.24) is 10.2 Å². The molecule has 15 heavy (non-hydrogen) atoms. The van der Waals surface area contributed by atoms with Crippen molar-refractivity contribution in [3.05, 3.63) is 0 Å². The number of urea groups is 1. The molecule has 0 aliphatic heterocycles. The molecule has 0 aromatic rings. The van der Waals surface area contributed by atoms with Crippen LogP contribution in [0.25, 0.3) is 0 Å². The third kappa shape index (κ3) is 8.24. The summed E-state index contributed by atoms with van der Waals surface area (Å²) < 4.78 is 5.37. The number of likely N-dealkylation sites (N-methyl/N-ethyl adjacent to an activating group) is 1. The van der Waals surface area contributed by atoms with Crippen LogP contribution < -0.4 is 5.32 Å². The molecule has 0 aliphatic rings. The topological polar surface area (TPSA) is 41.6 Å². The molecule has 0 aromatic carbocycles.